The van der Waals surface area contributed by atoms with Gasteiger partial charge in [-0.2, -0.15) is 10.1 Å². The molecule has 170 valence electrons. The van der Waals surface area contributed by atoms with Crippen molar-refractivity contribution in [1.82, 2.24) is 20.2 Å². The lowest BCUT2D eigenvalue weighted by atomic mass is 9.82. The van der Waals surface area contributed by atoms with Crippen LogP contribution in [0.4, 0.5) is 21.1 Å². The van der Waals surface area contributed by atoms with E-state index >= 15 is 0 Å². The Morgan fingerprint density at radius 3 is 2.85 bits per heavy atom. The van der Waals surface area contributed by atoms with Crippen LogP contribution in [0, 0.1) is 12.3 Å². The van der Waals surface area contributed by atoms with E-state index in [4.69, 9.17) is 11.2 Å². The third-order valence-corrected chi connectivity index (χ3v) is 6.24. The van der Waals surface area contributed by atoms with Crippen LogP contribution in [0.1, 0.15) is 47.5 Å². The zero-order valence-electron chi connectivity index (χ0n) is 18.4. The lowest BCUT2D eigenvalue weighted by Crippen LogP contribution is -2.48. The summed E-state index contributed by atoms with van der Waals surface area (Å²) in [4.78, 5) is 29.1. The third kappa shape index (κ3) is 4.83. The quantitative estimate of drug-likeness (QED) is 0.449. The first-order valence-electron chi connectivity index (χ1n) is 10.6. The first kappa shape index (κ1) is 22.4. The summed E-state index contributed by atoms with van der Waals surface area (Å²) in [5.41, 5.74) is 6.62. The minimum Gasteiger partial charge on any atom is -0.448 e. The van der Waals surface area contributed by atoms with E-state index in [1.807, 2.05) is 30.1 Å². The largest absolute Gasteiger partial charge is 0.448 e. The van der Waals surface area contributed by atoms with Crippen molar-refractivity contribution in [2.24, 2.45) is 7.05 Å². The molecule has 33 heavy (non-hydrogen) atoms. The first-order valence-corrected chi connectivity index (χ1v) is 11.5. The van der Waals surface area contributed by atoms with Gasteiger partial charge in [-0.1, -0.05) is 12.1 Å². The molecule has 0 fully saturated rings. The summed E-state index contributed by atoms with van der Waals surface area (Å²) >= 11 is 1.23. The second-order valence-corrected chi connectivity index (χ2v) is 8.35. The molecule has 4 rings (SSSR count). The van der Waals surface area contributed by atoms with Gasteiger partial charge in [-0.25, -0.2) is 20.0 Å². The molecule has 1 aliphatic rings. The highest BCUT2D eigenvalue weighted by Crippen LogP contribution is 2.36. The molecule has 0 bridgehead atoms. The van der Waals surface area contributed by atoms with Crippen LogP contribution in [0.2, 0.25) is 0 Å². The Kier molecular flexibility index (Phi) is 6.60. The molecule has 1 aliphatic carbocycles. The molecule has 2 heterocycles. The second-order valence-electron chi connectivity index (χ2n) is 7.49. The van der Waals surface area contributed by atoms with Gasteiger partial charge in [0.2, 0.25) is 0 Å². The van der Waals surface area contributed by atoms with Crippen LogP contribution in [-0.4, -0.2) is 33.5 Å². The van der Waals surface area contributed by atoms with Crippen LogP contribution in [0.5, 0.6) is 0 Å². The van der Waals surface area contributed by atoms with Gasteiger partial charge in [0.15, 0.2) is 5.01 Å². The molecule has 1 atom stereocenters. The van der Waals surface area contributed by atoms with E-state index in [0.29, 0.717) is 16.5 Å². The predicted octanol–water partition coefficient (Wildman–Crippen LogP) is 4.03. The van der Waals surface area contributed by atoms with Gasteiger partial charge in [-0.3, -0.25) is 10.00 Å². The Hall–Kier alpha value is -3.84. The van der Waals surface area contributed by atoms with Gasteiger partial charge in [0, 0.05) is 29.6 Å². The number of carbonyl (C=O) groups is 2. The van der Waals surface area contributed by atoms with Crippen molar-refractivity contribution in [2.45, 2.75) is 32.1 Å². The van der Waals surface area contributed by atoms with Gasteiger partial charge >= 0.3 is 12.1 Å². The summed E-state index contributed by atoms with van der Waals surface area (Å²) in [5, 5.41) is 10.1. The molecule has 3 aromatic rings. The average molecular weight is 465 g/mol. The normalized spacial score (nSPS) is 14.6. The number of carbonyl (C=O) groups excluding carboxylic acids is 2. The van der Waals surface area contributed by atoms with E-state index in [-0.39, 0.29) is 12.5 Å². The molecule has 0 spiro atoms. The minimum atomic E-state index is -0.699. The number of rotatable bonds is 4. The first-order chi connectivity index (χ1) is 16.0. The van der Waals surface area contributed by atoms with Crippen LogP contribution >= 0.6 is 11.3 Å². The van der Waals surface area contributed by atoms with E-state index < -0.39 is 12.1 Å². The van der Waals surface area contributed by atoms with Crippen molar-refractivity contribution in [3.63, 3.8) is 0 Å². The lowest BCUT2D eigenvalue weighted by Gasteiger charge is -2.25. The Balaban J connectivity index is 1.52. The summed E-state index contributed by atoms with van der Waals surface area (Å²) in [7, 11) is 1.97. The number of aryl methyl sites for hydroxylation is 1. The topological polar surface area (TPSA) is 101 Å². The summed E-state index contributed by atoms with van der Waals surface area (Å²) < 4.78 is 7.06. The molecule has 1 unspecified atom stereocenters. The fourth-order valence-corrected chi connectivity index (χ4v) is 4.51. The summed E-state index contributed by atoms with van der Waals surface area (Å²) in [6, 6.07) is 6.86. The zero-order valence-corrected chi connectivity index (χ0v) is 19.2. The molecule has 2 aromatic heterocycles. The number of hydrogen-bond acceptors (Lipinski definition) is 6. The predicted molar refractivity (Wildman–Crippen MR) is 126 cm³/mol. The van der Waals surface area contributed by atoms with Crippen LogP contribution < -0.4 is 15.8 Å². The van der Waals surface area contributed by atoms with E-state index in [9.17, 15) is 9.59 Å². The molecule has 0 radical (unpaired) electrons. The molecule has 10 heteroatoms. The van der Waals surface area contributed by atoms with E-state index in [0.717, 1.165) is 29.8 Å². The smallest absolute Gasteiger partial charge is 0.433 e. The summed E-state index contributed by atoms with van der Waals surface area (Å²) in [6.07, 6.45) is 9.70. The maximum atomic E-state index is 12.5. The van der Waals surface area contributed by atoms with Crippen molar-refractivity contribution < 1.29 is 14.3 Å². The Morgan fingerprint density at radius 2 is 2.15 bits per heavy atom. The van der Waals surface area contributed by atoms with Crippen LogP contribution in [0.15, 0.2) is 35.8 Å². The van der Waals surface area contributed by atoms with E-state index in [1.54, 1.807) is 24.4 Å². The SMILES string of the molecule is C#Cc1nc(NC(=O)NN(C(=O)OCC)c2ccc(C3CCCc4c3cnn4C)cc2)cs1. The number of amides is 3. The molecule has 0 saturated heterocycles. The fourth-order valence-electron chi connectivity index (χ4n) is 3.96. The summed E-state index contributed by atoms with van der Waals surface area (Å²) in [5.74, 6) is 2.96. The number of urea groups is 1. The highest BCUT2D eigenvalue weighted by molar-refractivity contribution is 7.10. The number of nitrogens with zero attached hydrogens (tertiary/aromatic N) is 4. The van der Waals surface area contributed by atoms with Gasteiger partial charge in [0.25, 0.3) is 0 Å². The standard InChI is InChI=1S/C23H24N6O3S/c1-4-21-25-20(14-33-21)26-22(30)27-29(23(31)32-5-2)16-11-9-15(10-12-16)17-7-6-8-19-18(17)13-24-28(19)3/h1,9-14,17H,5-8H2,2-3H3,(H2,26,27,30). The van der Waals surface area contributed by atoms with Gasteiger partial charge in [-0.15, -0.1) is 17.8 Å². The number of thiazole rings is 1. The molecule has 1 aromatic carbocycles. The third-order valence-electron chi connectivity index (χ3n) is 5.46. The lowest BCUT2D eigenvalue weighted by molar-refractivity contribution is 0.156. The number of ether oxygens (including phenoxy) is 1. The highest BCUT2D eigenvalue weighted by atomic mass is 32.1. The minimum absolute atomic E-state index is 0.167. The number of hydrazine groups is 1. The Bertz CT molecular complexity index is 1190. The Morgan fingerprint density at radius 1 is 1.36 bits per heavy atom. The average Bonchev–Trinajstić information content (AvgIpc) is 3.44. The summed E-state index contributed by atoms with van der Waals surface area (Å²) in [6.45, 7) is 1.87. The second kappa shape index (κ2) is 9.75. The van der Waals surface area contributed by atoms with Crippen molar-refractivity contribution in [2.75, 3.05) is 16.9 Å². The Labute approximate surface area is 195 Å². The van der Waals surface area contributed by atoms with Crippen molar-refractivity contribution >= 4 is 35.0 Å². The van der Waals surface area contributed by atoms with Gasteiger partial charge in [-0.05, 0) is 49.8 Å². The number of benzene rings is 1. The number of hydrogen-bond donors (Lipinski definition) is 2. The molecule has 0 saturated carbocycles. The maximum absolute atomic E-state index is 12.5. The number of fused-ring (bicyclic) bond motifs is 1. The maximum Gasteiger partial charge on any atom is 0.433 e. The van der Waals surface area contributed by atoms with E-state index in [1.165, 1.54) is 22.6 Å². The van der Waals surface area contributed by atoms with E-state index in [2.05, 4.69) is 26.7 Å². The molecule has 3 amide bonds. The monoisotopic (exact) mass is 464 g/mol. The molecule has 9 nitrogen and oxygen atoms in total. The van der Waals surface area contributed by atoms with Crippen LogP contribution in [0.25, 0.3) is 0 Å². The van der Waals surface area contributed by atoms with Crippen molar-refractivity contribution in [1.29, 1.82) is 0 Å². The highest BCUT2D eigenvalue weighted by Gasteiger charge is 2.26. The number of aromatic nitrogens is 3. The van der Waals surface area contributed by atoms with Crippen LogP contribution in [0.3, 0.4) is 0 Å². The number of anilines is 2. The number of nitrogens with one attached hydrogen (secondary N) is 2. The van der Waals surface area contributed by atoms with Gasteiger partial charge in [0.1, 0.15) is 5.82 Å². The molecular weight excluding hydrogens is 440 g/mol. The van der Waals surface area contributed by atoms with Crippen molar-refractivity contribution in [3.05, 3.63) is 57.7 Å². The van der Waals surface area contributed by atoms with Gasteiger partial charge < -0.3 is 4.74 Å². The van der Waals surface area contributed by atoms with Crippen molar-refractivity contribution in [3.8, 4) is 12.3 Å². The van der Waals surface area contributed by atoms with Gasteiger partial charge in [0.05, 0.1) is 18.5 Å². The molecule has 2 N–H and O–H groups in total. The van der Waals surface area contributed by atoms with Crippen LogP contribution in [-0.2, 0) is 18.2 Å². The number of terminal acetylenes is 1. The fraction of sp³-hybridized carbons (Fsp3) is 0.304. The zero-order chi connectivity index (χ0) is 23.4. The molecule has 0 aliphatic heterocycles. The molecular formula is C23H24N6O3S.